The van der Waals surface area contributed by atoms with Crippen LogP contribution in [0.3, 0.4) is 0 Å². The van der Waals surface area contributed by atoms with Crippen LogP contribution in [-0.2, 0) is 4.79 Å². The van der Waals surface area contributed by atoms with Crippen LogP contribution >= 0.6 is 11.6 Å². The molecule has 0 aliphatic heterocycles. The molecular weight excluding hydrogens is 216 g/mol. The van der Waals surface area contributed by atoms with Crippen LogP contribution in [0.2, 0.25) is 5.15 Å². The van der Waals surface area contributed by atoms with Crippen molar-refractivity contribution in [3.8, 4) is 0 Å². The standard InChI is InChI=1S/C9H13ClN4O/c1-5(6(2)11)9(15)12-8-4-3-7(10)13-14-8/h3-6H,11H2,1-2H3,(H,12,14,15). The molecule has 6 heteroatoms. The van der Waals surface area contributed by atoms with E-state index in [4.69, 9.17) is 17.3 Å². The summed E-state index contributed by atoms with van der Waals surface area (Å²) in [5.41, 5.74) is 5.60. The van der Waals surface area contributed by atoms with Gasteiger partial charge in [0.2, 0.25) is 5.91 Å². The molecule has 5 nitrogen and oxygen atoms in total. The van der Waals surface area contributed by atoms with Gasteiger partial charge in [-0.3, -0.25) is 4.79 Å². The summed E-state index contributed by atoms with van der Waals surface area (Å²) < 4.78 is 0. The van der Waals surface area contributed by atoms with Gasteiger partial charge in [-0.25, -0.2) is 0 Å². The van der Waals surface area contributed by atoms with Crippen LogP contribution in [-0.4, -0.2) is 22.1 Å². The third-order valence-corrected chi connectivity index (χ3v) is 2.29. The number of aromatic nitrogens is 2. The third-order valence-electron chi connectivity index (χ3n) is 2.09. The Balaban J connectivity index is 2.62. The van der Waals surface area contributed by atoms with Crippen molar-refractivity contribution >= 4 is 23.3 Å². The molecule has 3 N–H and O–H groups in total. The highest BCUT2D eigenvalue weighted by Gasteiger charge is 2.17. The number of hydrogen-bond acceptors (Lipinski definition) is 4. The maximum atomic E-state index is 11.5. The Hall–Kier alpha value is -1.20. The number of hydrogen-bond donors (Lipinski definition) is 2. The molecule has 15 heavy (non-hydrogen) atoms. The topological polar surface area (TPSA) is 80.9 Å². The Labute approximate surface area is 93.0 Å². The van der Waals surface area contributed by atoms with E-state index in [9.17, 15) is 4.79 Å². The van der Waals surface area contributed by atoms with Crippen molar-refractivity contribution < 1.29 is 4.79 Å². The summed E-state index contributed by atoms with van der Waals surface area (Å²) in [5.74, 6) is -0.0824. The van der Waals surface area contributed by atoms with Gasteiger partial charge < -0.3 is 11.1 Å². The molecule has 0 radical (unpaired) electrons. The van der Waals surface area contributed by atoms with Crippen molar-refractivity contribution in [1.29, 1.82) is 0 Å². The van der Waals surface area contributed by atoms with Gasteiger partial charge in [0, 0.05) is 6.04 Å². The summed E-state index contributed by atoms with van der Waals surface area (Å²) in [6.45, 7) is 3.53. The average molecular weight is 229 g/mol. The molecule has 1 rings (SSSR count). The molecule has 0 saturated heterocycles. The molecule has 0 bridgehead atoms. The van der Waals surface area contributed by atoms with Crippen LogP contribution in [0, 0.1) is 5.92 Å². The Kier molecular flexibility index (Phi) is 3.99. The second kappa shape index (κ2) is 5.04. The number of halogens is 1. The molecule has 2 atom stereocenters. The second-order valence-electron chi connectivity index (χ2n) is 3.38. The van der Waals surface area contributed by atoms with Gasteiger partial charge in [0.05, 0.1) is 5.92 Å². The van der Waals surface area contributed by atoms with Gasteiger partial charge in [0.25, 0.3) is 0 Å². The number of nitrogens with zero attached hydrogens (tertiary/aromatic N) is 2. The Bertz CT molecular complexity index is 338. The molecular formula is C9H13ClN4O. The largest absolute Gasteiger partial charge is 0.327 e. The summed E-state index contributed by atoms with van der Waals surface area (Å²) in [4.78, 5) is 11.5. The molecule has 0 saturated carbocycles. The van der Waals surface area contributed by atoms with Gasteiger partial charge in [-0.1, -0.05) is 18.5 Å². The fourth-order valence-electron chi connectivity index (χ4n) is 0.861. The van der Waals surface area contributed by atoms with E-state index in [0.717, 1.165) is 0 Å². The lowest BCUT2D eigenvalue weighted by Gasteiger charge is -2.14. The number of anilines is 1. The molecule has 82 valence electrons. The molecule has 0 aromatic carbocycles. The van der Waals surface area contributed by atoms with Gasteiger partial charge in [-0.05, 0) is 19.1 Å². The van der Waals surface area contributed by atoms with E-state index in [1.165, 1.54) is 0 Å². The molecule has 1 amide bonds. The molecule has 1 aromatic rings. The van der Waals surface area contributed by atoms with Crippen LogP contribution in [0.5, 0.6) is 0 Å². The van der Waals surface area contributed by atoms with Gasteiger partial charge in [-0.2, -0.15) is 0 Å². The van der Waals surface area contributed by atoms with E-state index < -0.39 is 0 Å². The normalized spacial score (nSPS) is 14.4. The highest BCUT2D eigenvalue weighted by atomic mass is 35.5. The van der Waals surface area contributed by atoms with Crippen LogP contribution < -0.4 is 11.1 Å². The monoisotopic (exact) mass is 228 g/mol. The SMILES string of the molecule is CC(N)C(C)C(=O)Nc1ccc(Cl)nn1. The zero-order valence-corrected chi connectivity index (χ0v) is 9.32. The first-order valence-electron chi connectivity index (χ1n) is 4.56. The highest BCUT2D eigenvalue weighted by Crippen LogP contribution is 2.08. The summed E-state index contributed by atoms with van der Waals surface area (Å²) in [6.07, 6.45) is 0. The minimum absolute atomic E-state index is 0.179. The second-order valence-corrected chi connectivity index (χ2v) is 3.77. The van der Waals surface area contributed by atoms with Gasteiger partial charge in [0.15, 0.2) is 11.0 Å². The van der Waals surface area contributed by atoms with Crippen molar-refractivity contribution in [1.82, 2.24) is 10.2 Å². The molecule has 0 aliphatic carbocycles. The number of rotatable bonds is 3. The lowest BCUT2D eigenvalue weighted by atomic mass is 10.0. The van der Waals surface area contributed by atoms with Gasteiger partial charge in [0.1, 0.15) is 0 Å². The highest BCUT2D eigenvalue weighted by molar-refractivity contribution is 6.29. The van der Waals surface area contributed by atoms with E-state index in [2.05, 4.69) is 15.5 Å². The third kappa shape index (κ3) is 3.45. The smallest absolute Gasteiger partial charge is 0.229 e. The summed E-state index contributed by atoms with van der Waals surface area (Å²) in [5, 5.41) is 10.2. The number of nitrogens with two attached hydrogens (primary N) is 1. The first kappa shape index (κ1) is 11.9. The molecule has 0 aliphatic rings. The zero-order chi connectivity index (χ0) is 11.4. The number of carbonyl (C=O) groups excluding carboxylic acids is 1. The zero-order valence-electron chi connectivity index (χ0n) is 8.57. The molecule has 0 spiro atoms. The van der Waals surface area contributed by atoms with Gasteiger partial charge >= 0.3 is 0 Å². The Morgan fingerprint density at radius 3 is 2.60 bits per heavy atom. The summed E-state index contributed by atoms with van der Waals surface area (Å²) >= 11 is 5.55. The van der Waals surface area contributed by atoms with Crippen LogP contribution in [0.25, 0.3) is 0 Å². The predicted octanol–water partition coefficient (Wildman–Crippen LogP) is 1.05. The fourth-order valence-corrected chi connectivity index (χ4v) is 0.962. The predicted molar refractivity (Wildman–Crippen MR) is 58.5 cm³/mol. The quantitative estimate of drug-likeness (QED) is 0.811. The van der Waals surface area contributed by atoms with Crippen molar-refractivity contribution in [2.45, 2.75) is 19.9 Å². The number of nitrogens with one attached hydrogen (secondary N) is 1. The van der Waals surface area contributed by atoms with E-state index in [-0.39, 0.29) is 23.0 Å². The van der Waals surface area contributed by atoms with Crippen molar-refractivity contribution in [2.24, 2.45) is 11.7 Å². The molecule has 1 heterocycles. The molecule has 1 aromatic heterocycles. The number of carbonyl (C=O) groups is 1. The maximum absolute atomic E-state index is 11.5. The average Bonchev–Trinajstić information content (AvgIpc) is 2.20. The number of amides is 1. The molecule has 0 fully saturated rings. The minimum Gasteiger partial charge on any atom is -0.327 e. The first-order chi connectivity index (χ1) is 7.00. The lowest BCUT2D eigenvalue weighted by molar-refractivity contribution is -0.119. The van der Waals surface area contributed by atoms with Crippen LogP contribution in [0.15, 0.2) is 12.1 Å². The minimum atomic E-state index is -0.275. The maximum Gasteiger partial charge on any atom is 0.229 e. The summed E-state index contributed by atoms with van der Waals surface area (Å²) in [6, 6.07) is 2.94. The van der Waals surface area contributed by atoms with E-state index >= 15 is 0 Å². The van der Waals surface area contributed by atoms with E-state index in [1.54, 1.807) is 26.0 Å². The van der Waals surface area contributed by atoms with Crippen LogP contribution in [0.4, 0.5) is 5.82 Å². The fraction of sp³-hybridized carbons (Fsp3) is 0.444. The first-order valence-corrected chi connectivity index (χ1v) is 4.94. The van der Waals surface area contributed by atoms with Crippen molar-refractivity contribution in [3.63, 3.8) is 0 Å². The van der Waals surface area contributed by atoms with Crippen molar-refractivity contribution in [2.75, 3.05) is 5.32 Å². The van der Waals surface area contributed by atoms with Crippen LogP contribution in [0.1, 0.15) is 13.8 Å². The summed E-state index contributed by atoms with van der Waals surface area (Å²) in [7, 11) is 0. The van der Waals surface area contributed by atoms with Gasteiger partial charge in [-0.15, -0.1) is 10.2 Å². The van der Waals surface area contributed by atoms with Crippen molar-refractivity contribution in [3.05, 3.63) is 17.3 Å². The molecule has 2 unspecified atom stereocenters. The Morgan fingerprint density at radius 2 is 2.13 bits per heavy atom. The van der Waals surface area contributed by atoms with E-state index in [1.807, 2.05) is 0 Å². The van der Waals surface area contributed by atoms with E-state index in [0.29, 0.717) is 5.82 Å². The lowest BCUT2D eigenvalue weighted by Crippen LogP contribution is -2.34. The Morgan fingerprint density at radius 1 is 1.47 bits per heavy atom.